The Bertz CT molecular complexity index is 2910. The molecule has 0 saturated heterocycles. The Morgan fingerprint density at radius 2 is 1.00 bits per heavy atom. The van der Waals surface area contributed by atoms with Gasteiger partial charge in [-0.2, -0.15) is 0 Å². The molecule has 1 aliphatic carbocycles. The molecule has 0 unspecified atom stereocenters. The van der Waals surface area contributed by atoms with Gasteiger partial charge in [0.2, 0.25) is 0 Å². The van der Waals surface area contributed by atoms with Crippen LogP contribution in [-0.2, 0) is 17.3 Å². The zero-order valence-corrected chi connectivity index (χ0v) is 33.2. The lowest BCUT2D eigenvalue weighted by atomic mass is 9.73. The first-order chi connectivity index (χ1) is 27.8. The van der Waals surface area contributed by atoms with E-state index in [2.05, 4.69) is 207 Å². The number of hydrogen-bond acceptors (Lipinski definition) is 2. The number of hydrogen-bond donors (Lipinski definition) is 0. The van der Waals surface area contributed by atoms with Crippen LogP contribution in [0, 0.1) is 0 Å². The number of fused-ring (bicyclic) bond motifs is 9. The van der Waals surface area contributed by atoms with Gasteiger partial charge in [-0.1, -0.05) is 149 Å². The highest BCUT2D eigenvalue weighted by Crippen LogP contribution is 2.53. The van der Waals surface area contributed by atoms with E-state index in [1.807, 2.05) is 0 Å². The van der Waals surface area contributed by atoms with Crippen LogP contribution in [0.5, 0.6) is 0 Å². The van der Waals surface area contributed by atoms with Crippen molar-refractivity contribution in [2.45, 2.75) is 51.4 Å². The molecule has 2 heteroatoms. The molecule has 8 aromatic rings. The van der Waals surface area contributed by atoms with Gasteiger partial charge in [0.15, 0.2) is 0 Å². The molecule has 0 amide bonds. The zero-order chi connectivity index (χ0) is 38.5. The minimum Gasteiger partial charge on any atom is -0.341 e. The highest BCUT2D eigenvalue weighted by molar-refractivity contribution is 6.09. The van der Waals surface area contributed by atoms with E-state index in [4.69, 9.17) is 0 Å². The third kappa shape index (κ3) is 5.23. The first-order valence-corrected chi connectivity index (χ1v) is 20.5. The van der Waals surface area contributed by atoms with Gasteiger partial charge in [0.25, 0.3) is 0 Å². The van der Waals surface area contributed by atoms with Crippen LogP contribution < -0.4 is 9.80 Å². The molecule has 0 fully saturated rings. The molecule has 2 aliphatic heterocycles. The highest BCUT2D eigenvalue weighted by Gasteiger charge is 2.37. The smallest absolute Gasteiger partial charge is 0.0502 e. The molecule has 0 atom stereocenters. The maximum Gasteiger partial charge on any atom is 0.0502 e. The van der Waals surface area contributed by atoms with Gasteiger partial charge in [0.1, 0.15) is 0 Å². The predicted molar refractivity (Wildman–Crippen MR) is 243 cm³/mol. The lowest BCUT2D eigenvalue weighted by Gasteiger charge is -2.42. The van der Waals surface area contributed by atoms with Gasteiger partial charge in [-0.3, -0.25) is 0 Å². The van der Waals surface area contributed by atoms with Crippen molar-refractivity contribution in [3.8, 4) is 11.1 Å². The van der Waals surface area contributed by atoms with Crippen LogP contribution in [0.3, 0.4) is 0 Å². The van der Waals surface area contributed by atoms with E-state index in [0.717, 1.165) is 13.0 Å². The normalized spacial score (nSPS) is 16.0. The van der Waals surface area contributed by atoms with Crippen molar-refractivity contribution in [3.05, 3.63) is 197 Å². The average Bonchev–Trinajstić information content (AvgIpc) is 3.47. The van der Waals surface area contributed by atoms with Crippen molar-refractivity contribution < 1.29 is 0 Å². The lowest BCUT2D eigenvalue weighted by molar-refractivity contribution is 0.632. The topological polar surface area (TPSA) is 6.48 Å². The number of para-hydroxylation sites is 3. The van der Waals surface area contributed by atoms with Crippen molar-refractivity contribution in [2.75, 3.05) is 16.3 Å². The third-order valence-corrected chi connectivity index (χ3v) is 13.3. The van der Waals surface area contributed by atoms with Crippen molar-refractivity contribution in [1.82, 2.24) is 0 Å². The standard InChI is InChI=1S/C55H46N2/c1-54(2)47-14-6-9-17-52(47)57(53-18-10-7-15-48(53)54)42-26-29-44-40(34-42)24-23-39-32-36(21-27-43(39)44)19-20-37-22-28-45-46-30-25-41(35-50(46)55(3,4)49(45)33-37)56-31-11-13-38-12-5-8-16-51(38)56/h5-10,12,14-30,32-35H,11,13,31H2,1-4H3. The molecule has 2 heterocycles. The summed E-state index contributed by atoms with van der Waals surface area (Å²) in [5.74, 6) is 0. The van der Waals surface area contributed by atoms with Crippen LogP contribution in [0.15, 0.2) is 158 Å². The molecule has 0 radical (unpaired) electrons. The molecule has 0 spiro atoms. The fourth-order valence-corrected chi connectivity index (χ4v) is 10.3. The summed E-state index contributed by atoms with van der Waals surface area (Å²) in [6.07, 6.45) is 6.89. The van der Waals surface area contributed by atoms with Crippen molar-refractivity contribution in [1.29, 1.82) is 0 Å². The van der Waals surface area contributed by atoms with Gasteiger partial charge in [0.05, 0.1) is 11.4 Å². The fraction of sp³-hybridized carbons (Fsp3) is 0.164. The molecule has 0 N–H and O–H groups in total. The first kappa shape index (κ1) is 33.9. The number of aryl methyl sites for hydroxylation is 1. The molecule has 8 aromatic carbocycles. The summed E-state index contributed by atoms with van der Waals surface area (Å²) >= 11 is 0. The van der Waals surface area contributed by atoms with Gasteiger partial charge in [-0.25, -0.2) is 0 Å². The summed E-state index contributed by atoms with van der Waals surface area (Å²) in [6.45, 7) is 10.5. The molecular weight excluding hydrogens is 689 g/mol. The molecule has 0 bridgehead atoms. The molecule has 0 aromatic heterocycles. The third-order valence-electron chi connectivity index (χ3n) is 13.3. The van der Waals surface area contributed by atoms with E-state index < -0.39 is 0 Å². The van der Waals surface area contributed by atoms with Crippen LogP contribution in [0.1, 0.15) is 73.1 Å². The van der Waals surface area contributed by atoms with Gasteiger partial charge in [-0.15, -0.1) is 0 Å². The summed E-state index contributed by atoms with van der Waals surface area (Å²) in [6, 6.07) is 59.2. The zero-order valence-electron chi connectivity index (χ0n) is 33.2. The van der Waals surface area contributed by atoms with Gasteiger partial charge in [-0.05, 0) is 133 Å². The minimum atomic E-state index is -0.0823. The van der Waals surface area contributed by atoms with Gasteiger partial charge < -0.3 is 9.80 Å². The van der Waals surface area contributed by atoms with Crippen LogP contribution in [0.4, 0.5) is 28.4 Å². The molecule has 0 saturated carbocycles. The summed E-state index contributed by atoms with van der Waals surface area (Å²) in [4.78, 5) is 4.96. The van der Waals surface area contributed by atoms with E-state index in [-0.39, 0.29) is 10.8 Å². The second kappa shape index (κ2) is 12.6. The maximum absolute atomic E-state index is 2.52. The summed E-state index contributed by atoms with van der Waals surface area (Å²) in [5.41, 5.74) is 18.3. The average molecular weight is 735 g/mol. The van der Waals surface area contributed by atoms with Crippen molar-refractivity contribution in [3.63, 3.8) is 0 Å². The Labute approximate surface area is 336 Å². The van der Waals surface area contributed by atoms with E-state index in [1.54, 1.807) is 0 Å². The van der Waals surface area contributed by atoms with E-state index in [1.165, 1.54) is 106 Å². The molecule has 276 valence electrons. The molecule has 11 rings (SSSR count). The Kier molecular flexibility index (Phi) is 7.48. The van der Waals surface area contributed by atoms with Crippen LogP contribution >= 0.6 is 0 Å². The Morgan fingerprint density at radius 1 is 0.456 bits per heavy atom. The van der Waals surface area contributed by atoms with E-state index in [9.17, 15) is 0 Å². The van der Waals surface area contributed by atoms with Gasteiger partial charge in [0, 0.05) is 34.4 Å². The molecule has 2 nitrogen and oxygen atoms in total. The Hall–Kier alpha value is -6.38. The Balaban J connectivity index is 0.883. The summed E-state index contributed by atoms with van der Waals surface area (Å²) < 4.78 is 0. The van der Waals surface area contributed by atoms with Crippen molar-refractivity contribution in [2.24, 2.45) is 0 Å². The van der Waals surface area contributed by atoms with Crippen molar-refractivity contribution >= 4 is 62.1 Å². The summed E-state index contributed by atoms with van der Waals surface area (Å²) in [5, 5.41) is 5.06. The second-order valence-electron chi connectivity index (χ2n) is 17.3. The first-order valence-electron chi connectivity index (χ1n) is 20.5. The number of benzene rings is 8. The highest BCUT2D eigenvalue weighted by atomic mass is 15.2. The van der Waals surface area contributed by atoms with E-state index in [0.29, 0.717) is 0 Å². The molecule has 57 heavy (non-hydrogen) atoms. The maximum atomic E-state index is 2.52. The van der Waals surface area contributed by atoms with Crippen LogP contribution in [-0.4, -0.2) is 6.54 Å². The number of anilines is 5. The Morgan fingerprint density at radius 3 is 1.74 bits per heavy atom. The number of nitrogens with zero attached hydrogens (tertiary/aromatic N) is 2. The quantitative estimate of drug-likeness (QED) is 0.131. The minimum absolute atomic E-state index is 0.0720. The fourth-order valence-electron chi connectivity index (χ4n) is 10.3. The summed E-state index contributed by atoms with van der Waals surface area (Å²) in [7, 11) is 0. The second-order valence-corrected chi connectivity index (χ2v) is 17.3. The molecular formula is C55H46N2. The SMILES string of the molecule is CC1(C)c2cc(C=Cc3ccc4c(ccc5cc(N6c7ccccc7C(C)(C)c7ccccc76)ccc54)c3)ccc2-c2ccc(N3CCCc4ccccc43)cc21. The van der Waals surface area contributed by atoms with E-state index >= 15 is 0 Å². The largest absolute Gasteiger partial charge is 0.341 e. The molecule has 3 aliphatic rings. The number of rotatable bonds is 4. The lowest BCUT2D eigenvalue weighted by Crippen LogP contribution is -2.30. The van der Waals surface area contributed by atoms with Crippen LogP contribution in [0.25, 0.3) is 44.8 Å². The predicted octanol–water partition coefficient (Wildman–Crippen LogP) is 14.7. The van der Waals surface area contributed by atoms with Crippen LogP contribution in [0.2, 0.25) is 0 Å². The van der Waals surface area contributed by atoms with Gasteiger partial charge >= 0.3 is 0 Å². The monoisotopic (exact) mass is 734 g/mol.